The lowest BCUT2D eigenvalue weighted by Gasteiger charge is -2.32. The van der Waals surface area contributed by atoms with Crippen molar-refractivity contribution in [3.63, 3.8) is 0 Å². The molecule has 0 bridgehead atoms. The predicted molar refractivity (Wildman–Crippen MR) is 123 cm³/mol. The first-order valence-electron chi connectivity index (χ1n) is 11.2. The van der Waals surface area contributed by atoms with Crippen LogP contribution < -0.4 is 5.32 Å². The van der Waals surface area contributed by atoms with E-state index in [0.717, 1.165) is 30.6 Å². The molecule has 0 radical (unpaired) electrons. The number of amides is 3. The number of carbonyl (C=O) groups is 4. The van der Waals surface area contributed by atoms with Crippen LogP contribution in [0, 0.1) is 18.8 Å². The molecule has 2 aromatic rings. The maximum Gasteiger partial charge on any atom is 0.350 e. The van der Waals surface area contributed by atoms with Crippen molar-refractivity contribution < 1.29 is 23.9 Å². The van der Waals surface area contributed by atoms with Crippen LogP contribution >= 0.6 is 11.3 Å². The van der Waals surface area contributed by atoms with Gasteiger partial charge in [-0.05, 0) is 51.7 Å². The van der Waals surface area contributed by atoms with Gasteiger partial charge in [-0.2, -0.15) is 0 Å². The van der Waals surface area contributed by atoms with Crippen molar-refractivity contribution in [1.29, 1.82) is 0 Å². The normalized spacial score (nSPS) is 20.2. The molecule has 2 heterocycles. The van der Waals surface area contributed by atoms with Gasteiger partial charge in [0, 0.05) is 12.5 Å². The Morgan fingerprint density at radius 2 is 1.79 bits per heavy atom. The minimum Gasteiger partial charge on any atom is -0.459 e. The lowest BCUT2D eigenvalue weighted by Crippen LogP contribution is -2.41. The van der Waals surface area contributed by atoms with Crippen molar-refractivity contribution in [2.24, 2.45) is 11.8 Å². The molecule has 2 atom stereocenters. The van der Waals surface area contributed by atoms with E-state index in [9.17, 15) is 19.2 Å². The molecule has 2 unspecified atom stereocenters. The average molecular weight is 470 g/mol. The highest BCUT2D eigenvalue weighted by atomic mass is 32.1. The van der Waals surface area contributed by atoms with Crippen molar-refractivity contribution >= 4 is 40.2 Å². The third-order valence-corrected chi connectivity index (χ3v) is 7.15. The van der Waals surface area contributed by atoms with E-state index in [1.807, 2.05) is 0 Å². The van der Waals surface area contributed by atoms with Gasteiger partial charge in [-0.25, -0.2) is 9.78 Å². The molecule has 8 nitrogen and oxygen atoms in total. The van der Waals surface area contributed by atoms with Gasteiger partial charge >= 0.3 is 5.97 Å². The zero-order valence-electron chi connectivity index (χ0n) is 18.9. The zero-order valence-corrected chi connectivity index (χ0v) is 19.7. The van der Waals surface area contributed by atoms with Crippen molar-refractivity contribution in [2.75, 3.05) is 11.9 Å². The number of nitrogens with one attached hydrogen (secondary N) is 1. The molecular formula is C24H27N3O5S. The summed E-state index contributed by atoms with van der Waals surface area (Å²) in [4.78, 5) is 56.9. The van der Waals surface area contributed by atoms with E-state index in [-0.39, 0.29) is 42.2 Å². The second kappa shape index (κ2) is 9.43. The van der Waals surface area contributed by atoms with E-state index in [1.54, 1.807) is 45.0 Å². The van der Waals surface area contributed by atoms with Gasteiger partial charge in [0.25, 0.3) is 11.8 Å². The summed E-state index contributed by atoms with van der Waals surface area (Å²) in [6.45, 7) is 5.46. The summed E-state index contributed by atoms with van der Waals surface area (Å²) in [5, 5.41) is 3.19. The Morgan fingerprint density at radius 3 is 2.42 bits per heavy atom. The van der Waals surface area contributed by atoms with Gasteiger partial charge in [-0.15, -0.1) is 0 Å². The fourth-order valence-electron chi connectivity index (χ4n) is 4.52. The molecule has 1 aliphatic heterocycles. The van der Waals surface area contributed by atoms with E-state index in [1.165, 1.54) is 4.90 Å². The van der Waals surface area contributed by atoms with Crippen LogP contribution in [0.2, 0.25) is 0 Å². The Kier molecular flexibility index (Phi) is 6.60. The third kappa shape index (κ3) is 4.68. The number of aromatic nitrogens is 1. The third-order valence-electron chi connectivity index (χ3n) is 6.10. The number of hydrogen-bond acceptors (Lipinski definition) is 7. The van der Waals surface area contributed by atoms with Crippen molar-refractivity contribution in [1.82, 2.24) is 9.88 Å². The number of imide groups is 1. The van der Waals surface area contributed by atoms with Gasteiger partial charge < -0.3 is 10.1 Å². The molecule has 1 aromatic carbocycles. The summed E-state index contributed by atoms with van der Waals surface area (Å²) >= 11 is 1.09. The van der Waals surface area contributed by atoms with Gasteiger partial charge in [0.05, 0.1) is 22.9 Å². The number of nitrogens with zero attached hydrogens (tertiary/aromatic N) is 2. The molecule has 174 valence electrons. The summed E-state index contributed by atoms with van der Waals surface area (Å²) in [6.07, 6.45) is 3.03. The number of anilines is 1. The fourth-order valence-corrected chi connectivity index (χ4v) is 5.37. The molecule has 1 aliphatic carbocycles. The number of aryl methyl sites for hydroxylation is 1. The van der Waals surface area contributed by atoms with Crippen molar-refractivity contribution in [3.8, 4) is 0 Å². The summed E-state index contributed by atoms with van der Waals surface area (Å²) in [5.41, 5.74) is 1.34. The maximum atomic E-state index is 13.2. The van der Waals surface area contributed by atoms with E-state index in [0.29, 0.717) is 33.3 Å². The average Bonchev–Trinajstić information content (AvgIpc) is 3.26. The van der Waals surface area contributed by atoms with Gasteiger partial charge in [-0.1, -0.05) is 36.3 Å². The van der Waals surface area contributed by atoms with Crippen LogP contribution in [0.4, 0.5) is 5.13 Å². The number of rotatable bonds is 6. The number of benzene rings is 1. The molecule has 9 heteroatoms. The first-order valence-corrected chi connectivity index (χ1v) is 12.0. The quantitative estimate of drug-likeness (QED) is 0.505. The van der Waals surface area contributed by atoms with Gasteiger partial charge in [-0.3, -0.25) is 19.3 Å². The molecule has 1 N–H and O–H groups in total. The van der Waals surface area contributed by atoms with E-state index in [2.05, 4.69) is 10.3 Å². The topological polar surface area (TPSA) is 106 Å². The number of esters is 1. The van der Waals surface area contributed by atoms with Crippen molar-refractivity contribution in [2.45, 2.75) is 52.6 Å². The Hall–Kier alpha value is -3.07. The van der Waals surface area contributed by atoms with Crippen LogP contribution in [0.25, 0.3) is 0 Å². The molecule has 3 amide bonds. The lowest BCUT2D eigenvalue weighted by atomic mass is 9.78. The van der Waals surface area contributed by atoms with Crippen LogP contribution in [0.15, 0.2) is 24.3 Å². The lowest BCUT2D eigenvalue weighted by molar-refractivity contribution is -0.122. The van der Waals surface area contributed by atoms with Crippen LogP contribution in [-0.4, -0.2) is 46.2 Å². The molecule has 2 aliphatic rings. The maximum absolute atomic E-state index is 13.2. The minimum atomic E-state index is -0.457. The highest BCUT2D eigenvalue weighted by Crippen LogP contribution is 2.34. The zero-order chi connectivity index (χ0) is 23.7. The smallest absolute Gasteiger partial charge is 0.350 e. The summed E-state index contributed by atoms with van der Waals surface area (Å²) < 4.78 is 5.24. The standard InChI is InChI=1S/C24H27N3O5S/c1-13(2)32-23(31)19-14(3)25-24(33-19)26-20(28)16-9-5-4-8-15(16)12-27-21(29)17-10-6-7-11-18(17)22(27)30/h6-7,10-11,13,15-16H,4-5,8-9,12H2,1-3H3,(H,25,26,28). The Bertz CT molecular complexity index is 1070. The second-order valence-electron chi connectivity index (χ2n) is 8.79. The van der Waals surface area contributed by atoms with E-state index in [4.69, 9.17) is 4.74 Å². The summed E-state index contributed by atoms with van der Waals surface area (Å²) in [5.74, 6) is -1.74. The molecule has 0 saturated heterocycles. The SMILES string of the molecule is Cc1nc(NC(=O)C2CCCCC2CN2C(=O)c3ccccc3C2=O)sc1C(=O)OC(C)C. The first kappa shape index (κ1) is 23.1. The highest BCUT2D eigenvalue weighted by molar-refractivity contribution is 7.17. The Balaban J connectivity index is 1.46. The molecule has 1 saturated carbocycles. The van der Waals surface area contributed by atoms with Crippen LogP contribution in [0.3, 0.4) is 0 Å². The number of ether oxygens (including phenoxy) is 1. The summed E-state index contributed by atoms with van der Waals surface area (Å²) in [7, 11) is 0. The minimum absolute atomic E-state index is 0.132. The number of thiazole rings is 1. The molecule has 0 spiro atoms. The monoisotopic (exact) mass is 469 g/mol. The van der Waals surface area contributed by atoms with Crippen molar-refractivity contribution in [3.05, 3.63) is 46.0 Å². The predicted octanol–water partition coefficient (Wildman–Crippen LogP) is 4.06. The number of fused-ring (bicyclic) bond motifs is 1. The summed E-state index contributed by atoms with van der Waals surface area (Å²) in [6, 6.07) is 6.80. The molecule has 4 rings (SSSR count). The van der Waals surface area contributed by atoms with Gasteiger partial charge in [0.1, 0.15) is 4.88 Å². The van der Waals surface area contributed by atoms with Gasteiger partial charge in [0.2, 0.25) is 5.91 Å². The molecule has 33 heavy (non-hydrogen) atoms. The molecule has 1 aromatic heterocycles. The largest absolute Gasteiger partial charge is 0.459 e. The Labute approximate surface area is 196 Å². The van der Waals surface area contributed by atoms with Gasteiger partial charge in [0.15, 0.2) is 5.13 Å². The molecule has 1 fully saturated rings. The number of hydrogen-bond donors (Lipinski definition) is 1. The second-order valence-corrected chi connectivity index (χ2v) is 9.79. The van der Waals surface area contributed by atoms with E-state index < -0.39 is 5.97 Å². The first-order chi connectivity index (χ1) is 15.8. The Morgan fingerprint density at radius 1 is 1.15 bits per heavy atom. The van der Waals surface area contributed by atoms with E-state index >= 15 is 0 Å². The fraction of sp³-hybridized carbons (Fsp3) is 0.458. The van der Waals surface area contributed by atoms with Crippen LogP contribution in [0.5, 0.6) is 0 Å². The van der Waals surface area contributed by atoms with Crippen LogP contribution in [-0.2, 0) is 9.53 Å². The highest BCUT2D eigenvalue weighted by Gasteiger charge is 2.40. The number of carbonyl (C=O) groups excluding carboxylic acids is 4. The molecular weight excluding hydrogens is 442 g/mol. The van der Waals surface area contributed by atoms with Crippen LogP contribution in [0.1, 0.15) is 75.6 Å².